The highest BCUT2D eigenvalue weighted by Crippen LogP contribution is 2.27. The maximum atomic E-state index is 6.21. The Kier molecular flexibility index (Phi) is 3.85. The van der Waals surface area contributed by atoms with E-state index in [0.717, 1.165) is 32.2 Å². The lowest BCUT2D eigenvalue weighted by molar-refractivity contribution is 0.984. The third-order valence-electron chi connectivity index (χ3n) is 3.10. The number of hydrogen-bond acceptors (Lipinski definition) is 3. The number of pyridine rings is 1. The second kappa shape index (κ2) is 5.61. The Balaban J connectivity index is 2.28. The summed E-state index contributed by atoms with van der Waals surface area (Å²) in [7, 11) is 0. The van der Waals surface area contributed by atoms with E-state index in [4.69, 9.17) is 11.6 Å². The third kappa shape index (κ3) is 2.38. The van der Waals surface area contributed by atoms with E-state index in [-0.39, 0.29) is 0 Å². The van der Waals surface area contributed by atoms with Gasteiger partial charge < -0.3 is 0 Å². The molecule has 100 valence electrons. The van der Waals surface area contributed by atoms with E-state index in [2.05, 4.69) is 50.5 Å². The van der Waals surface area contributed by atoms with Crippen molar-refractivity contribution < 1.29 is 0 Å². The van der Waals surface area contributed by atoms with E-state index in [1.807, 2.05) is 24.3 Å². The van der Waals surface area contributed by atoms with E-state index >= 15 is 0 Å². The number of halogens is 2. The van der Waals surface area contributed by atoms with Crippen LogP contribution in [0.1, 0.15) is 12.6 Å². The summed E-state index contributed by atoms with van der Waals surface area (Å²) in [5.41, 5.74) is 1.73. The molecular formula is C15H11ClIN3. The monoisotopic (exact) mass is 395 g/mol. The van der Waals surface area contributed by atoms with Gasteiger partial charge in [-0.25, -0.2) is 9.97 Å². The lowest BCUT2D eigenvalue weighted by Gasteiger charge is -2.08. The Morgan fingerprint density at radius 3 is 2.75 bits per heavy atom. The van der Waals surface area contributed by atoms with E-state index in [9.17, 15) is 0 Å². The number of aryl methyl sites for hydroxylation is 1. The minimum atomic E-state index is 0.488. The lowest BCUT2D eigenvalue weighted by Crippen LogP contribution is -2.01. The molecule has 2 heterocycles. The van der Waals surface area contributed by atoms with Crippen molar-refractivity contribution in [3.63, 3.8) is 0 Å². The first-order chi connectivity index (χ1) is 9.70. The van der Waals surface area contributed by atoms with E-state index in [1.165, 1.54) is 0 Å². The zero-order valence-corrected chi connectivity index (χ0v) is 13.7. The van der Waals surface area contributed by atoms with Crippen LogP contribution in [0.4, 0.5) is 0 Å². The van der Waals surface area contributed by atoms with Crippen molar-refractivity contribution in [2.75, 3.05) is 0 Å². The number of fused-ring (bicyclic) bond motifs is 1. The molecule has 0 amide bonds. The zero-order valence-electron chi connectivity index (χ0n) is 10.8. The molecule has 0 atom stereocenters. The van der Waals surface area contributed by atoms with Crippen molar-refractivity contribution in [2.24, 2.45) is 0 Å². The largest absolute Gasteiger partial charge is 0.252 e. The van der Waals surface area contributed by atoms with Gasteiger partial charge in [0.2, 0.25) is 0 Å². The molecule has 3 nitrogen and oxygen atoms in total. The molecule has 5 heteroatoms. The van der Waals surface area contributed by atoms with Crippen LogP contribution in [0.25, 0.3) is 22.3 Å². The van der Waals surface area contributed by atoms with E-state index in [0.29, 0.717) is 11.0 Å². The maximum Gasteiger partial charge on any atom is 0.180 e. The van der Waals surface area contributed by atoms with Gasteiger partial charge in [0.15, 0.2) is 5.82 Å². The molecule has 2 aromatic heterocycles. The predicted molar refractivity (Wildman–Crippen MR) is 89.9 cm³/mol. The lowest BCUT2D eigenvalue weighted by atomic mass is 10.1. The highest BCUT2D eigenvalue weighted by Gasteiger charge is 2.13. The first kappa shape index (κ1) is 13.7. The molecule has 0 fully saturated rings. The molecule has 0 N–H and O–H groups in total. The molecule has 3 rings (SSSR count). The van der Waals surface area contributed by atoms with Gasteiger partial charge in [-0.2, -0.15) is 0 Å². The fourth-order valence-corrected chi connectivity index (χ4v) is 2.91. The SMILES string of the molecule is CCc1nc(-c2nccc3ccccc23)nc(Cl)c1I. The molecule has 0 aliphatic heterocycles. The molecule has 0 bridgehead atoms. The molecule has 3 aromatic rings. The van der Waals surface area contributed by atoms with Crippen molar-refractivity contribution in [1.29, 1.82) is 0 Å². The maximum absolute atomic E-state index is 6.21. The summed E-state index contributed by atoms with van der Waals surface area (Å²) in [6, 6.07) is 10.1. The van der Waals surface area contributed by atoms with Crippen LogP contribution in [0.2, 0.25) is 5.15 Å². The van der Waals surface area contributed by atoms with E-state index in [1.54, 1.807) is 6.20 Å². The predicted octanol–water partition coefficient (Wildman–Crippen LogP) is 4.51. The quantitative estimate of drug-likeness (QED) is 0.473. The normalized spacial score (nSPS) is 10.9. The van der Waals surface area contributed by atoms with Gasteiger partial charge in [-0.05, 0) is 40.5 Å². The third-order valence-corrected chi connectivity index (χ3v) is 4.83. The van der Waals surface area contributed by atoms with Crippen LogP contribution in [0, 0.1) is 3.57 Å². The topological polar surface area (TPSA) is 38.7 Å². The molecule has 0 saturated heterocycles. The number of nitrogens with zero attached hydrogens (tertiary/aromatic N) is 3. The van der Waals surface area contributed by atoms with Gasteiger partial charge >= 0.3 is 0 Å². The van der Waals surface area contributed by atoms with Crippen molar-refractivity contribution >= 4 is 45.0 Å². The van der Waals surface area contributed by atoms with Crippen molar-refractivity contribution in [1.82, 2.24) is 15.0 Å². The summed E-state index contributed by atoms with van der Waals surface area (Å²) in [6.07, 6.45) is 2.59. The van der Waals surface area contributed by atoms with Gasteiger partial charge in [0.05, 0.1) is 9.26 Å². The van der Waals surface area contributed by atoms with Crippen LogP contribution in [-0.4, -0.2) is 15.0 Å². The molecule has 0 radical (unpaired) electrons. The Morgan fingerprint density at radius 1 is 1.15 bits per heavy atom. The number of rotatable bonds is 2. The van der Waals surface area contributed by atoms with Crippen molar-refractivity contribution in [3.05, 3.63) is 50.9 Å². The fraction of sp³-hybridized carbons (Fsp3) is 0.133. The molecule has 0 unspecified atom stereocenters. The van der Waals surface area contributed by atoms with Gasteiger partial charge in [0, 0.05) is 11.6 Å². The summed E-state index contributed by atoms with van der Waals surface area (Å²) in [5, 5.41) is 2.64. The van der Waals surface area contributed by atoms with Gasteiger partial charge in [-0.15, -0.1) is 0 Å². The van der Waals surface area contributed by atoms with Crippen LogP contribution >= 0.6 is 34.2 Å². The fourth-order valence-electron chi connectivity index (χ4n) is 2.10. The van der Waals surface area contributed by atoms with Crippen LogP contribution in [0.15, 0.2) is 36.5 Å². The molecular weight excluding hydrogens is 385 g/mol. The van der Waals surface area contributed by atoms with Crippen molar-refractivity contribution in [3.8, 4) is 11.5 Å². The average Bonchev–Trinajstić information content (AvgIpc) is 2.49. The molecule has 0 saturated carbocycles. The molecule has 0 aliphatic carbocycles. The Morgan fingerprint density at radius 2 is 1.95 bits per heavy atom. The standard InChI is InChI=1S/C15H11ClIN3/c1-2-11-12(17)14(16)20-15(19-11)13-10-6-4-3-5-9(10)7-8-18-13/h3-8H,2H2,1H3. The highest BCUT2D eigenvalue weighted by atomic mass is 127. The highest BCUT2D eigenvalue weighted by molar-refractivity contribution is 14.1. The summed E-state index contributed by atoms with van der Waals surface area (Å²) in [4.78, 5) is 13.4. The Bertz CT molecular complexity index is 784. The summed E-state index contributed by atoms with van der Waals surface area (Å²) >= 11 is 8.39. The number of benzene rings is 1. The molecule has 0 spiro atoms. The Labute approximate surface area is 135 Å². The second-order valence-corrected chi connectivity index (χ2v) is 5.77. The minimum Gasteiger partial charge on any atom is -0.252 e. The first-order valence-corrected chi connectivity index (χ1v) is 7.72. The molecule has 1 aromatic carbocycles. The Hall–Kier alpha value is -1.27. The van der Waals surface area contributed by atoms with Gasteiger partial charge in [0.1, 0.15) is 10.8 Å². The van der Waals surface area contributed by atoms with Gasteiger partial charge in [0.25, 0.3) is 0 Å². The summed E-state index contributed by atoms with van der Waals surface area (Å²) in [5.74, 6) is 0.587. The molecule has 20 heavy (non-hydrogen) atoms. The number of aromatic nitrogens is 3. The summed E-state index contributed by atoms with van der Waals surface area (Å²) in [6.45, 7) is 2.06. The van der Waals surface area contributed by atoms with Crippen molar-refractivity contribution in [2.45, 2.75) is 13.3 Å². The van der Waals surface area contributed by atoms with Crippen LogP contribution in [0.5, 0.6) is 0 Å². The number of hydrogen-bond donors (Lipinski definition) is 0. The first-order valence-electron chi connectivity index (χ1n) is 6.26. The van der Waals surface area contributed by atoms with Crippen LogP contribution in [0.3, 0.4) is 0 Å². The minimum absolute atomic E-state index is 0.488. The smallest absolute Gasteiger partial charge is 0.180 e. The summed E-state index contributed by atoms with van der Waals surface area (Å²) < 4.78 is 0.913. The van der Waals surface area contributed by atoms with Crippen LogP contribution < -0.4 is 0 Å². The second-order valence-electron chi connectivity index (χ2n) is 4.33. The van der Waals surface area contributed by atoms with Gasteiger partial charge in [-0.3, -0.25) is 4.98 Å². The zero-order chi connectivity index (χ0) is 14.1. The van der Waals surface area contributed by atoms with Crippen LogP contribution in [-0.2, 0) is 6.42 Å². The van der Waals surface area contributed by atoms with Gasteiger partial charge in [-0.1, -0.05) is 42.8 Å². The molecule has 0 aliphatic rings. The van der Waals surface area contributed by atoms with E-state index < -0.39 is 0 Å². The average molecular weight is 396 g/mol.